The van der Waals surface area contributed by atoms with Gasteiger partial charge in [0.05, 0.1) is 0 Å². The third-order valence-electron chi connectivity index (χ3n) is 4.16. The van der Waals surface area contributed by atoms with Crippen LogP contribution in [-0.4, -0.2) is 13.2 Å². The van der Waals surface area contributed by atoms with Crippen LogP contribution >= 0.6 is 0 Å². The van der Waals surface area contributed by atoms with Gasteiger partial charge in [-0.2, -0.15) is 0 Å². The summed E-state index contributed by atoms with van der Waals surface area (Å²) in [5, 5.41) is 9.31. The third kappa shape index (κ3) is 3.42. The highest BCUT2D eigenvalue weighted by atomic mass is 28.3. The molecule has 1 nitrogen and oxygen atoms in total. The van der Waals surface area contributed by atoms with Crippen molar-refractivity contribution in [2.24, 2.45) is 0 Å². The van der Waals surface area contributed by atoms with E-state index in [2.05, 4.69) is 53.0 Å². The average molecular weight is 274 g/mol. The molecule has 0 bridgehead atoms. The van der Waals surface area contributed by atoms with Gasteiger partial charge in [-0.05, 0) is 40.9 Å². The van der Waals surface area contributed by atoms with Crippen LogP contribution in [0.3, 0.4) is 0 Å². The molecular weight excluding hydrogens is 248 g/mol. The molecule has 0 fully saturated rings. The van der Waals surface area contributed by atoms with E-state index >= 15 is 0 Å². The molecule has 2 heteroatoms. The highest BCUT2D eigenvalue weighted by Crippen LogP contribution is 2.40. The smallest absolute Gasteiger partial charge is 0.146 e. The summed E-state index contributed by atoms with van der Waals surface area (Å²) in [6, 6.07) is 7.19. The van der Waals surface area contributed by atoms with Crippen LogP contribution in [0.4, 0.5) is 0 Å². The van der Waals surface area contributed by atoms with Crippen molar-refractivity contribution in [2.75, 3.05) is 0 Å². The minimum absolute atomic E-state index is 0.297. The summed E-state index contributed by atoms with van der Waals surface area (Å²) in [5.41, 5.74) is 6.62. The fourth-order valence-electron chi connectivity index (χ4n) is 3.16. The van der Waals surface area contributed by atoms with E-state index in [0.29, 0.717) is 22.4 Å². The van der Waals surface area contributed by atoms with Crippen LogP contribution < -0.4 is 0 Å². The lowest BCUT2D eigenvalue weighted by molar-refractivity contribution is 0.475. The summed E-state index contributed by atoms with van der Waals surface area (Å²) in [6.45, 7) is 13.9. The second-order valence-corrected chi connectivity index (χ2v) is 11.8. The first-order valence-corrected chi connectivity index (χ1v) is 9.36. The molecule has 0 aliphatic rings. The first-order valence-electron chi connectivity index (χ1n) is 7.13. The average Bonchev–Trinajstić information content (AvgIpc) is 2.30. The molecule has 0 radical (unpaired) electrons. The summed E-state index contributed by atoms with van der Waals surface area (Å²) in [7, 11) is -1.65. The van der Waals surface area contributed by atoms with Gasteiger partial charge in [0, 0.05) is 5.56 Å². The quantitative estimate of drug-likeness (QED) is 0.610. The van der Waals surface area contributed by atoms with E-state index in [4.69, 9.17) is 0 Å². The predicted octanol–water partition coefficient (Wildman–Crippen LogP) is 4.96. The standard InChI is InChI=1S/C17H26OSi/c1-13(2)19(14(3)4,15(5)6)12-11-16-7-9-17(18)10-8-16/h7-10,13-15,18H,1-6H3. The molecule has 104 valence electrons. The molecule has 0 saturated heterocycles. The van der Waals surface area contributed by atoms with Crippen molar-refractivity contribution >= 4 is 8.07 Å². The van der Waals surface area contributed by atoms with E-state index in [9.17, 15) is 5.11 Å². The fraction of sp³-hybridized carbons (Fsp3) is 0.529. The molecule has 1 aromatic rings. The van der Waals surface area contributed by atoms with Crippen LogP contribution in [0.15, 0.2) is 24.3 Å². The first kappa shape index (κ1) is 15.9. The number of phenolic OH excluding ortho intramolecular Hbond substituents is 1. The number of aromatic hydroxyl groups is 1. The molecular formula is C17H26OSi. The van der Waals surface area contributed by atoms with Gasteiger partial charge in [-0.25, -0.2) is 0 Å². The summed E-state index contributed by atoms with van der Waals surface area (Å²) in [6.07, 6.45) is 0. The van der Waals surface area contributed by atoms with Crippen LogP contribution in [-0.2, 0) is 0 Å². The summed E-state index contributed by atoms with van der Waals surface area (Å²) >= 11 is 0. The predicted molar refractivity (Wildman–Crippen MR) is 86.0 cm³/mol. The second-order valence-electron chi connectivity index (χ2n) is 6.19. The first-order chi connectivity index (χ1) is 8.80. The zero-order valence-corrected chi connectivity index (χ0v) is 14.0. The Hall–Kier alpha value is -1.20. The SMILES string of the molecule is CC(C)[Si](C#Cc1ccc(O)cc1)(C(C)C)C(C)C. The fourth-order valence-corrected chi connectivity index (χ4v) is 8.39. The number of hydrogen-bond acceptors (Lipinski definition) is 1. The maximum Gasteiger partial charge on any atom is 0.146 e. The lowest BCUT2D eigenvalue weighted by Crippen LogP contribution is -2.43. The Morgan fingerprint density at radius 2 is 1.26 bits per heavy atom. The summed E-state index contributed by atoms with van der Waals surface area (Å²) in [5.74, 6) is 3.65. The lowest BCUT2D eigenvalue weighted by atomic mass is 10.2. The molecule has 0 saturated carbocycles. The molecule has 0 aliphatic carbocycles. The second kappa shape index (κ2) is 6.30. The molecule has 1 N–H and O–H groups in total. The van der Waals surface area contributed by atoms with Gasteiger partial charge in [-0.1, -0.05) is 47.5 Å². The Balaban J connectivity index is 3.19. The van der Waals surface area contributed by atoms with E-state index in [1.807, 2.05) is 12.1 Å². The molecule has 0 unspecified atom stereocenters. The largest absolute Gasteiger partial charge is 0.508 e. The monoisotopic (exact) mass is 274 g/mol. The molecule has 1 rings (SSSR count). The van der Waals surface area contributed by atoms with Crippen LogP contribution in [0.25, 0.3) is 0 Å². The minimum atomic E-state index is -1.65. The summed E-state index contributed by atoms with van der Waals surface area (Å²) in [4.78, 5) is 0. The van der Waals surface area contributed by atoms with Crippen LogP contribution in [0.2, 0.25) is 16.6 Å². The van der Waals surface area contributed by atoms with Gasteiger partial charge < -0.3 is 5.11 Å². The zero-order valence-electron chi connectivity index (χ0n) is 13.0. The van der Waals surface area contributed by atoms with Crippen molar-refractivity contribution in [1.82, 2.24) is 0 Å². The van der Waals surface area contributed by atoms with Gasteiger partial charge in [0.1, 0.15) is 13.8 Å². The minimum Gasteiger partial charge on any atom is -0.508 e. The van der Waals surface area contributed by atoms with E-state index < -0.39 is 8.07 Å². The van der Waals surface area contributed by atoms with Crippen molar-refractivity contribution < 1.29 is 5.11 Å². The van der Waals surface area contributed by atoms with Crippen molar-refractivity contribution in [3.63, 3.8) is 0 Å². The Labute approximate surface area is 119 Å². The van der Waals surface area contributed by atoms with Crippen molar-refractivity contribution in [3.05, 3.63) is 29.8 Å². The maximum atomic E-state index is 9.31. The van der Waals surface area contributed by atoms with Crippen LogP contribution in [0.5, 0.6) is 5.75 Å². The van der Waals surface area contributed by atoms with Crippen molar-refractivity contribution in [1.29, 1.82) is 0 Å². The molecule has 1 aromatic carbocycles. The normalized spacial score (nSPS) is 11.8. The Morgan fingerprint density at radius 1 is 0.842 bits per heavy atom. The molecule has 0 spiro atoms. The van der Waals surface area contributed by atoms with E-state index in [-0.39, 0.29) is 0 Å². The molecule has 0 amide bonds. The van der Waals surface area contributed by atoms with Gasteiger partial charge in [0.15, 0.2) is 0 Å². The number of phenols is 1. The number of rotatable bonds is 3. The van der Waals surface area contributed by atoms with Gasteiger partial charge in [0.25, 0.3) is 0 Å². The molecule has 19 heavy (non-hydrogen) atoms. The molecule has 0 aromatic heterocycles. The van der Waals surface area contributed by atoms with Crippen molar-refractivity contribution in [3.8, 4) is 17.2 Å². The van der Waals surface area contributed by atoms with Gasteiger partial charge >= 0.3 is 0 Å². The topological polar surface area (TPSA) is 20.2 Å². The van der Waals surface area contributed by atoms with Crippen molar-refractivity contribution in [2.45, 2.75) is 58.2 Å². The third-order valence-corrected chi connectivity index (χ3v) is 10.4. The van der Waals surface area contributed by atoms with E-state index in [1.165, 1.54) is 0 Å². The number of benzene rings is 1. The van der Waals surface area contributed by atoms with Gasteiger partial charge in [-0.3, -0.25) is 0 Å². The Bertz CT molecular complexity index is 439. The zero-order chi connectivity index (χ0) is 14.6. The molecule has 0 atom stereocenters. The highest BCUT2D eigenvalue weighted by Gasteiger charge is 2.41. The molecule has 0 aliphatic heterocycles. The van der Waals surface area contributed by atoms with Gasteiger partial charge in [-0.15, -0.1) is 5.54 Å². The number of hydrogen-bond donors (Lipinski definition) is 1. The van der Waals surface area contributed by atoms with Crippen LogP contribution in [0.1, 0.15) is 47.1 Å². The highest BCUT2D eigenvalue weighted by molar-refractivity contribution is 6.90. The Kier molecular flexibility index (Phi) is 5.26. The van der Waals surface area contributed by atoms with Crippen LogP contribution in [0, 0.1) is 11.5 Å². The van der Waals surface area contributed by atoms with E-state index in [1.54, 1.807) is 12.1 Å². The molecule has 0 heterocycles. The lowest BCUT2D eigenvalue weighted by Gasteiger charge is -2.38. The van der Waals surface area contributed by atoms with Gasteiger partial charge in [0.2, 0.25) is 0 Å². The Morgan fingerprint density at radius 3 is 1.63 bits per heavy atom. The maximum absolute atomic E-state index is 9.31. The van der Waals surface area contributed by atoms with E-state index in [0.717, 1.165) is 5.56 Å². The summed E-state index contributed by atoms with van der Waals surface area (Å²) < 4.78 is 0.